The van der Waals surface area contributed by atoms with Gasteiger partial charge in [0.1, 0.15) is 11.6 Å². The number of hydrogen-bond acceptors (Lipinski definition) is 3. The van der Waals surface area contributed by atoms with Crippen LogP contribution in [0.2, 0.25) is 0 Å². The quantitative estimate of drug-likeness (QED) is 0.913. The van der Waals surface area contributed by atoms with Crippen molar-refractivity contribution in [2.24, 2.45) is 5.73 Å². The third-order valence-corrected chi connectivity index (χ3v) is 3.23. The summed E-state index contributed by atoms with van der Waals surface area (Å²) in [4.78, 5) is 5.92. The minimum absolute atomic E-state index is 0.205. The molecule has 0 radical (unpaired) electrons. The number of likely N-dealkylation sites (N-methyl/N-ethyl adjacent to an activating group) is 1. The topological polar surface area (TPSA) is 42.2 Å². The number of nitrogens with two attached hydrogens (primary N) is 1. The zero-order valence-electron chi connectivity index (χ0n) is 11.3. The second kappa shape index (κ2) is 6.54. The van der Waals surface area contributed by atoms with Gasteiger partial charge in [0.2, 0.25) is 0 Å². The Morgan fingerprint density at radius 1 is 1.30 bits per heavy atom. The van der Waals surface area contributed by atoms with Gasteiger partial charge in [-0.2, -0.15) is 0 Å². The van der Waals surface area contributed by atoms with Gasteiger partial charge in [-0.25, -0.2) is 8.78 Å². The van der Waals surface area contributed by atoms with Crippen LogP contribution in [0.25, 0.3) is 0 Å². The predicted molar refractivity (Wildman–Crippen MR) is 73.9 cm³/mol. The number of benzene rings is 1. The van der Waals surface area contributed by atoms with Crippen molar-refractivity contribution in [2.75, 3.05) is 13.6 Å². The SMILES string of the molecule is CN(Cc1cccnc1)C(CN)c1cc(F)ccc1F. The second-order valence-electron chi connectivity index (χ2n) is 4.69. The molecule has 1 aromatic heterocycles. The second-order valence-corrected chi connectivity index (χ2v) is 4.69. The Balaban J connectivity index is 2.21. The van der Waals surface area contributed by atoms with E-state index in [0.717, 1.165) is 17.7 Å². The molecule has 1 unspecified atom stereocenters. The third kappa shape index (κ3) is 3.37. The summed E-state index contributed by atoms with van der Waals surface area (Å²) in [5, 5.41) is 0. The average molecular weight is 277 g/mol. The zero-order valence-corrected chi connectivity index (χ0v) is 11.3. The lowest BCUT2D eigenvalue weighted by Gasteiger charge is -2.27. The lowest BCUT2D eigenvalue weighted by molar-refractivity contribution is 0.236. The first kappa shape index (κ1) is 14.6. The van der Waals surface area contributed by atoms with E-state index < -0.39 is 11.6 Å². The van der Waals surface area contributed by atoms with Crippen LogP contribution in [-0.2, 0) is 6.54 Å². The number of rotatable bonds is 5. The smallest absolute Gasteiger partial charge is 0.128 e. The largest absolute Gasteiger partial charge is 0.329 e. The van der Waals surface area contributed by atoms with E-state index in [1.165, 1.54) is 6.07 Å². The highest BCUT2D eigenvalue weighted by molar-refractivity contribution is 5.23. The third-order valence-electron chi connectivity index (χ3n) is 3.23. The molecule has 20 heavy (non-hydrogen) atoms. The number of pyridine rings is 1. The van der Waals surface area contributed by atoms with E-state index >= 15 is 0 Å². The Labute approximate surface area is 117 Å². The molecule has 2 rings (SSSR count). The van der Waals surface area contributed by atoms with Crippen LogP contribution in [-0.4, -0.2) is 23.5 Å². The predicted octanol–water partition coefficient (Wildman–Crippen LogP) is 2.49. The molecule has 0 spiro atoms. The minimum atomic E-state index is -0.463. The van der Waals surface area contributed by atoms with Crippen LogP contribution in [0.4, 0.5) is 8.78 Å². The average Bonchev–Trinajstić information content (AvgIpc) is 2.44. The van der Waals surface area contributed by atoms with Gasteiger partial charge < -0.3 is 5.73 Å². The molecule has 1 atom stereocenters. The molecule has 5 heteroatoms. The number of nitrogens with zero attached hydrogens (tertiary/aromatic N) is 2. The van der Waals surface area contributed by atoms with Crippen molar-refractivity contribution >= 4 is 0 Å². The van der Waals surface area contributed by atoms with Crippen LogP contribution in [0.3, 0.4) is 0 Å². The van der Waals surface area contributed by atoms with Crippen LogP contribution in [0, 0.1) is 11.6 Å². The van der Waals surface area contributed by atoms with Crippen LogP contribution in [0.1, 0.15) is 17.2 Å². The number of aromatic nitrogens is 1. The maximum Gasteiger partial charge on any atom is 0.128 e. The summed E-state index contributed by atoms with van der Waals surface area (Å²) in [6.45, 7) is 0.767. The fourth-order valence-electron chi connectivity index (χ4n) is 2.20. The van der Waals surface area contributed by atoms with E-state index in [9.17, 15) is 8.78 Å². The maximum absolute atomic E-state index is 13.8. The van der Waals surface area contributed by atoms with Crippen molar-refractivity contribution in [1.29, 1.82) is 0 Å². The molecule has 0 aliphatic heterocycles. The molecule has 1 aromatic carbocycles. The highest BCUT2D eigenvalue weighted by Crippen LogP contribution is 2.23. The molecule has 3 nitrogen and oxygen atoms in total. The van der Waals surface area contributed by atoms with Crippen molar-refractivity contribution in [3.05, 3.63) is 65.5 Å². The van der Waals surface area contributed by atoms with Crippen LogP contribution in [0.15, 0.2) is 42.7 Å². The first-order valence-corrected chi connectivity index (χ1v) is 6.36. The van der Waals surface area contributed by atoms with Crippen molar-refractivity contribution in [2.45, 2.75) is 12.6 Å². The summed E-state index contributed by atoms with van der Waals surface area (Å²) in [6, 6.07) is 6.82. The highest BCUT2D eigenvalue weighted by atomic mass is 19.1. The molecule has 0 saturated carbocycles. The van der Waals surface area contributed by atoms with E-state index in [4.69, 9.17) is 5.73 Å². The molecule has 0 bridgehead atoms. The van der Waals surface area contributed by atoms with Gasteiger partial charge in [-0.15, -0.1) is 0 Å². The molecule has 0 fully saturated rings. The molecule has 106 valence electrons. The normalized spacial score (nSPS) is 12.7. The molecule has 2 aromatic rings. The summed E-state index contributed by atoms with van der Waals surface area (Å²) in [5.74, 6) is -0.908. The van der Waals surface area contributed by atoms with Gasteiger partial charge in [0, 0.05) is 31.0 Å². The summed E-state index contributed by atoms with van der Waals surface area (Å²) in [7, 11) is 1.83. The fraction of sp³-hybridized carbons (Fsp3) is 0.267. The van der Waals surface area contributed by atoms with Gasteiger partial charge in [0.15, 0.2) is 0 Å². The summed E-state index contributed by atoms with van der Waals surface area (Å²) >= 11 is 0. The molecule has 0 amide bonds. The first-order valence-electron chi connectivity index (χ1n) is 6.36. The van der Waals surface area contributed by atoms with Crippen LogP contribution < -0.4 is 5.73 Å². The molecular formula is C15H17F2N3. The zero-order chi connectivity index (χ0) is 14.5. The lowest BCUT2D eigenvalue weighted by atomic mass is 10.0. The van der Waals surface area contributed by atoms with E-state index in [1.54, 1.807) is 12.4 Å². The standard InChI is InChI=1S/C15H17F2N3/c1-20(10-11-3-2-6-19-9-11)15(8-18)13-7-12(16)4-5-14(13)17/h2-7,9,15H,8,10,18H2,1H3. The van der Waals surface area contributed by atoms with Gasteiger partial charge in [0.05, 0.1) is 6.04 Å². The van der Waals surface area contributed by atoms with Gasteiger partial charge in [-0.3, -0.25) is 9.88 Å². The van der Waals surface area contributed by atoms with Gasteiger partial charge in [-0.05, 0) is 36.9 Å². The van der Waals surface area contributed by atoms with E-state index in [-0.39, 0.29) is 18.2 Å². The summed E-state index contributed by atoms with van der Waals surface area (Å²) in [5.41, 5.74) is 7.00. The van der Waals surface area contributed by atoms with Crippen LogP contribution >= 0.6 is 0 Å². The lowest BCUT2D eigenvalue weighted by Crippen LogP contribution is -2.31. The Bertz CT molecular complexity index is 560. The van der Waals surface area contributed by atoms with Crippen molar-refractivity contribution in [3.63, 3.8) is 0 Å². The van der Waals surface area contributed by atoms with Gasteiger partial charge >= 0.3 is 0 Å². The molecule has 0 aliphatic rings. The van der Waals surface area contributed by atoms with E-state index in [1.807, 2.05) is 24.1 Å². The fourth-order valence-corrected chi connectivity index (χ4v) is 2.20. The number of halogens is 2. The highest BCUT2D eigenvalue weighted by Gasteiger charge is 2.20. The maximum atomic E-state index is 13.8. The van der Waals surface area contributed by atoms with Crippen LogP contribution in [0.5, 0.6) is 0 Å². The summed E-state index contributed by atoms with van der Waals surface area (Å²) in [6.07, 6.45) is 3.43. The monoisotopic (exact) mass is 277 g/mol. The first-order chi connectivity index (χ1) is 9.61. The Kier molecular flexibility index (Phi) is 4.76. The molecular weight excluding hydrogens is 260 g/mol. The molecule has 0 saturated heterocycles. The Hall–Kier alpha value is -1.85. The van der Waals surface area contributed by atoms with E-state index in [0.29, 0.717) is 6.54 Å². The van der Waals surface area contributed by atoms with E-state index in [2.05, 4.69) is 4.98 Å². The molecule has 1 heterocycles. The molecule has 2 N–H and O–H groups in total. The Morgan fingerprint density at radius 2 is 2.10 bits per heavy atom. The van der Waals surface area contributed by atoms with Crippen molar-refractivity contribution < 1.29 is 8.78 Å². The van der Waals surface area contributed by atoms with Gasteiger partial charge in [-0.1, -0.05) is 6.07 Å². The van der Waals surface area contributed by atoms with Gasteiger partial charge in [0.25, 0.3) is 0 Å². The Morgan fingerprint density at radius 3 is 2.75 bits per heavy atom. The minimum Gasteiger partial charge on any atom is -0.329 e. The van der Waals surface area contributed by atoms with Crippen molar-refractivity contribution in [3.8, 4) is 0 Å². The summed E-state index contributed by atoms with van der Waals surface area (Å²) < 4.78 is 27.1. The molecule has 0 aliphatic carbocycles. The number of hydrogen-bond donors (Lipinski definition) is 1. The van der Waals surface area contributed by atoms with Crippen molar-refractivity contribution in [1.82, 2.24) is 9.88 Å².